The van der Waals surface area contributed by atoms with E-state index in [0.29, 0.717) is 26.2 Å². The topological polar surface area (TPSA) is 55.7 Å². The number of alkyl halides is 2. The minimum atomic E-state index is -3.47. The number of phenols is 1. The van der Waals surface area contributed by atoms with E-state index in [2.05, 4.69) is 5.32 Å². The lowest BCUT2D eigenvalue weighted by atomic mass is 9.97. The number of aliphatic hydroxyl groups is 1. The molecular weight excluding hydrogens is 309 g/mol. The summed E-state index contributed by atoms with van der Waals surface area (Å²) in [6, 6.07) is 1.98. The van der Waals surface area contributed by atoms with Crippen LogP contribution in [0.1, 0.15) is 11.6 Å². The van der Waals surface area contributed by atoms with Gasteiger partial charge in [0.1, 0.15) is 12.6 Å². The molecule has 120 valence electrons. The van der Waals surface area contributed by atoms with Gasteiger partial charge < -0.3 is 15.5 Å². The van der Waals surface area contributed by atoms with Crippen molar-refractivity contribution in [2.45, 2.75) is 12.0 Å². The van der Waals surface area contributed by atoms with Crippen LogP contribution in [-0.2, 0) is 0 Å². The van der Waals surface area contributed by atoms with E-state index in [9.17, 15) is 18.3 Å². The summed E-state index contributed by atoms with van der Waals surface area (Å²) in [6.45, 7) is 0.339. The smallest absolute Gasteiger partial charge is 0.290 e. The number of hydrogen-bond acceptors (Lipinski definition) is 4. The molecule has 1 atom stereocenters. The standard InChI is InChI=1S/C13H17F3N2O2.ClH/c14-10-3-1-2-9(11(10)20)12(13(15,16)8-19)18-6-4-17-5-7-18;/h1-3,12,17,19-20H,4-8H2;1H/t12-;/m1./s1. The quantitative estimate of drug-likeness (QED) is 0.785. The Morgan fingerprint density at radius 2 is 1.90 bits per heavy atom. The fourth-order valence-electron chi connectivity index (χ4n) is 2.47. The molecule has 21 heavy (non-hydrogen) atoms. The number of nitrogens with one attached hydrogen (secondary N) is 1. The lowest BCUT2D eigenvalue weighted by Gasteiger charge is -2.38. The van der Waals surface area contributed by atoms with Gasteiger partial charge in [0.15, 0.2) is 11.6 Å². The van der Waals surface area contributed by atoms with Crippen LogP contribution >= 0.6 is 12.4 Å². The molecule has 1 aliphatic rings. The van der Waals surface area contributed by atoms with Crippen molar-refractivity contribution >= 4 is 12.4 Å². The second-order valence-corrected chi connectivity index (χ2v) is 4.79. The fraction of sp³-hybridized carbons (Fsp3) is 0.538. The minimum Gasteiger partial charge on any atom is -0.505 e. The molecule has 0 bridgehead atoms. The number of nitrogens with zero attached hydrogens (tertiary/aromatic N) is 1. The molecule has 0 saturated carbocycles. The van der Waals surface area contributed by atoms with Gasteiger partial charge in [0.25, 0.3) is 5.92 Å². The molecular formula is C13H18ClF3N2O2. The van der Waals surface area contributed by atoms with Gasteiger partial charge in [-0.05, 0) is 6.07 Å². The maximum atomic E-state index is 14.1. The van der Waals surface area contributed by atoms with Crippen LogP contribution < -0.4 is 5.32 Å². The van der Waals surface area contributed by atoms with Crippen molar-refractivity contribution in [3.05, 3.63) is 29.6 Å². The van der Waals surface area contributed by atoms with E-state index in [4.69, 9.17) is 5.11 Å². The number of rotatable bonds is 4. The van der Waals surface area contributed by atoms with Gasteiger partial charge in [-0.25, -0.2) is 13.2 Å². The van der Waals surface area contributed by atoms with Crippen LogP contribution in [0.5, 0.6) is 5.75 Å². The van der Waals surface area contributed by atoms with Crippen LogP contribution in [0.2, 0.25) is 0 Å². The molecule has 0 amide bonds. The van der Waals surface area contributed by atoms with Crippen molar-refractivity contribution in [2.75, 3.05) is 32.8 Å². The van der Waals surface area contributed by atoms with Crippen molar-refractivity contribution in [1.29, 1.82) is 0 Å². The molecule has 0 unspecified atom stereocenters. The first-order valence-electron chi connectivity index (χ1n) is 6.38. The van der Waals surface area contributed by atoms with Crippen molar-refractivity contribution in [2.24, 2.45) is 0 Å². The Morgan fingerprint density at radius 3 is 2.48 bits per heavy atom. The van der Waals surface area contributed by atoms with E-state index >= 15 is 0 Å². The number of aliphatic hydroxyl groups excluding tert-OH is 1. The maximum Gasteiger partial charge on any atom is 0.290 e. The summed E-state index contributed by atoms with van der Waals surface area (Å²) < 4.78 is 41.5. The molecule has 2 rings (SSSR count). The number of para-hydroxylation sites is 1. The maximum absolute atomic E-state index is 14.1. The predicted octanol–water partition coefficient (Wildman–Crippen LogP) is 1.53. The van der Waals surface area contributed by atoms with Crippen LogP contribution in [0.4, 0.5) is 13.2 Å². The first-order chi connectivity index (χ1) is 9.47. The molecule has 0 radical (unpaired) electrons. The fourth-order valence-corrected chi connectivity index (χ4v) is 2.47. The summed E-state index contributed by atoms with van der Waals surface area (Å²) in [5, 5.41) is 21.7. The number of hydrogen-bond donors (Lipinski definition) is 3. The summed E-state index contributed by atoms with van der Waals surface area (Å²) in [6.07, 6.45) is 0. The Hall–Kier alpha value is -1.02. The molecule has 1 aromatic rings. The van der Waals surface area contributed by atoms with Crippen molar-refractivity contribution in [1.82, 2.24) is 10.2 Å². The summed E-state index contributed by atoms with van der Waals surface area (Å²) in [5.74, 6) is -5.21. The van der Waals surface area contributed by atoms with Crippen LogP contribution in [0.3, 0.4) is 0 Å². The SMILES string of the molecule is Cl.OCC(F)(F)[C@@H](c1cccc(F)c1O)N1CCNCC1. The first kappa shape index (κ1) is 18.0. The van der Waals surface area contributed by atoms with Crippen LogP contribution in [0, 0.1) is 5.82 Å². The average molecular weight is 327 g/mol. The third kappa shape index (κ3) is 3.79. The Balaban J connectivity index is 0.00000220. The van der Waals surface area contributed by atoms with Crippen molar-refractivity contribution in [3.8, 4) is 5.75 Å². The van der Waals surface area contributed by atoms with Gasteiger partial charge in [-0.1, -0.05) is 12.1 Å². The zero-order chi connectivity index (χ0) is 14.8. The highest BCUT2D eigenvalue weighted by Crippen LogP contribution is 2.40. The number of aromatic hydroxyl groups is 1. The van der Waals surface area contributed by atoms with Crippen LogP contribution in [-0.4, -0.2) is 53.8 Å². The van der Waals surface area contributed by atoms with E-state index in [1.165, 1.54) is 17.0 Å². The monoisotopic (exact) mass is 326 g/mol. The van der Waals surface area contributed by atoms with Gasteiger partial charge in [-0.2, -0.15) is 0 Å². The first-order valence-corrected chi connectivity index (χ1v) is 6.38. The molecule has 1 fully saturated rings. The Labute approximate surface area is 127 Å². The molecule has 0 spiro atoms. The van der Waals surface area contributed by atoms with E-state index in [0.717, 1.165) is 6.07 Å². The molecule has 1 saturated heterocycles. The van der Waals surface area contributed by atoms with Crippen molar-refractivity contribution < 1.29 is 23.4 Å². The number of piperazine rings is 1. The van der Waals surface area contributed by atoms with Crippen LogP contribution in [0.15, 0.2) is 18.2 Å². The summed E-state index contributed by atoms with van der Waals surface area (Å²) in [7, 11) is 0. The normalized spacial score (nSPS) is 18.1. The van der Waals surface area contributed by atoms with E-state index < -0.39 is 30.1 Å². The molecule has 1 heterocycles. The third-order valence-electron chi connectivity index (χ3n) is 3.44. The zero-order valence-electron chi connectivity index (χ0n) is 11.2. The number of phenolic OH excluding ortho intramolecular Hbond substituents is 1. The van der Waals surface area contributed by atoms with E-state index in [-0.39, 0.29) is 18.0 Å². The third-order valence-corrected chi connectivity index (χ3v) is 3.44. The van der Waals surface area contributed by atoms with Gasteiger partial charge in [0.05, 0.1) is 0 Å². The van der Waals surface area contributed by atoms with Crippen LogP contribution in [0.25, 0.3) is 0 Å². The summed E-state index contributed by atoms with van der Waals surface area (Å²) in [5.41, 5.74) is -0.203. The van der Waals surface area contributed by atoms with Gasteiger partial charge in [-0.15, -0.1) is 12.4 Å². The minimum absolute atomic E-state index is 0. The number of benzene rings is 1. The van der Waals surface area contributed by atoms with E-state index in [1.54, 1.807) is 0 Å². The average Bonchev–Trinajstić information content (AvgIpc) is 2.45. The molecule has 0 aliphatic carbocycles. The van der Waals surface area contributed by atoms with Gasteiger partial charge in [0, 0.05) is 31.7 Å². The molecule has 0 aromatic heterocycles. The highest BCUT2D eigenvalue weighted by Gasteiger charge is 2.45. The predicted molar refractivity (Wildman–Crippen MR) is 74.5 cm³/mol. The number of halogens is 4. The van der Waals surface area contributed by atoms with E-state index in [1.807, 2.05) is 0 Å². The second-order valence-electron chi connectivity index (χ2n) is 4.79. The molecule has 1 aromatic carbocycles. The van der Waals surface area contributed by atoms with Gasteiger partial charge >= 0.3 is 0 Å². The lowest BCUT2D eigenvalue weighted by Crippen LogP contribution is -2.51. The largest absolute Gasteiger partial charge is 0.505 e. The molecule has 3 N–H and O–H groups in total. The second kappa shape index (κ2) is 7.31. The summed E-state index contributed by atoms with van der Waals surface area (Å²) in [4.78, 5) is 1.45. The highest BCUT2D eigenvalue weighted by molar-refractivity contribution is 5.85. The Bertz CT molecular complexity index is 471. The molecule has 4 nitrogen and oxygen atoms in total. The Morgan fingerprint density at radius 1 is 1.29 bits per heavy atom. The highest BCUT2D eigenvalue weighted by atomic mass is 35.5. The van der Waals surface area contributed by atoms with Gasteiger partial charge in [0.2, 0.25) is 0 Å². The summed E-state index contributed by atoms with van der Waals surface area (Å²) >= 11 is 0. The van der Waals surface area contributed by atoms with Gasteiger partial charge in [-0.3, -0.25) is 4.90 Å². The van der Waals surface area contributed by atoms with Crippen molar-refractivity contribution in [3.63, 3.8) is 0 Å². The Kier molecular flexibility index (Phi) is 6.27. The zero-order valence-corrected chi connectivity index (χ0v) is 12.0. The molecule has 1 aliphatic heterocycles. The lowest BCUT2D eigenvalue weighted by molar-refractivity contribution is -0.119. The molecule has 8 heteroatoms.